The summed E-state index contributed by atoms with van der Waals surface area (Å²) in [5, 5.41) is 0. The summed E-state index contributed by atoms with van der Waals surface area (Å²) in [7, 11) is 3.19. The number of hydrogen-bond acceptors (Lipinski definition) is 3. The molecule has 0 aromatic carbocycles. The lowest BCUT2D eigenvalue weighted by atomic mass is 9.96. The van der Waals surface area contributed by atoms with E-state index in [1.807, 2.05) is 6.92 Å². The van der Waals surface area contributed by atoms with E-state index in [0.717, 1.165) is 6.42 Å². The average molecular weight is 202 g/mol. The van der Waals surface area contributed by atoms with E-state index in [1.165, 1.54) is 0 Å². The van der Waals surface area contributed by atoms with Crippen molar-refractivity contribution in [1.82, 2.24) is 0 Å². The lowest BCUT2D eigenvalue weighted by molar-refractivity contribution is 0.0415. The highest BCUT2D eigenvalue weighted by atomic mass is 31.2. The fourth-order valence-electron chi connectivity index (χ4n) is 1.54. The Bertz CT molecular complexity index is 215. The molecule has 0 aliphatic carbocycles. The zero-order valence-electron chi connectivity index (χ0n) is 8.40. The van der Waals surface area contributed by atoms with Gasteiger partial charge in [-0.2, -0.15) is 0 Å². The van der Waals surface area contributed by atoms with Crippen molar-refractivity contribution >= 4 is 15.2 Å². The SMILES string of the molecule is [B][C@H]1C[C@H](OP(C)(C)=O)[C@@H](CC)O1. The molecule has 0 amide bonds. The summed E-state index contributed by atoms with van der Waals surface area (Å²) >= 11 is 0. The predicted molar refractivity (Wildman–Crippen MR) is 53.7 cm³/mol. The molecule has 0 spiro atoms. The van der Waals surface area contributed by atoms with Gasteiger partial charge < -0.3 is 9.26 Å². The minimum absolute atomic E-state index is 0.00299. The van der Waals surface area contributed by atoms with Gasteiger partial charge in [-0.1, -0.05) is 6.92 Å². The summed E-state index contributed by atoms with van der Waals surface area (Å²) in [5.41, 5.74) is 0. The van der Waals surface area contributed by atoms with E-state index in [4.69, 9.17) is 17.1 Å². The summed E-state index contributed by atoms with van der Waals surface area (Å²) in [6.07, 6.45) is 1.40. The molecule has 0 bridgehead atoms. The first-order valence-electron chi connectivity index (χ1n) is 4.57. The van der Waals surface area contributed by atoms with Gasteiger partial charge in [-0.05, 0) is 12.8 Å². The smallest absolute Gasteiger partial charge is 0.197 e. The largest absolute Gasteiger partial charge is 0.382 e. The molecule has 0 saturated carbocycles. The first kappa shape index (κ1) is 11.3. The van der Waals surface area contributed by atoms with E-state index in [2.05, 4.69) is 0 Å². The Morgan fingerprint density at radius 1 is 1.62 bits per heavy atom. The van der Waals surface area contributed by atoms with E-state index >= 15 is 0 Å². The van der Waals surface area contributed by atoms with Crippen molar-refractivity contribution in [3.05, 3.63) is 0 Å². The zero-order valence-corrected chi connectivity index (χ0v) is 9.29. The van der Waals surface area contributed by atoms with E-state index < -0.39 is 7.37 Å². The topological polar surface area (TPSA) is 35.5 Å². The number of rotatable bonds is 3. The van der Waals surface area contributed by atoms with Crippen LogP contribution in [-0.4, -0.2) is 39.4 Å². The standard InChI is InChI=1S/C8H16BO3P/c1-4-6-7(5-8(9)11-6)12-13(2,3)10/h6-8H,4-5H2,1-3H3/t6-,7+,8-/m1/s1. The van der Waals surface area contributed by atoms with E-state index in [0.29, 0.717) is 6.42 Å². The molecule has 0 aromatic rings. The molecule has 2 radical (unpaired) electrons. The summed E-state index contributed by atoms with van der Waals surface area (Å²) < 4.78 is 22.2. The Morgan fingerprint density at radius 2 is 2.23 bits per heavy atom. The third kappa shape index (κ3) is 3.45. The Hall–Kier alpha value is 0.215. The maximum absolute atomic E-state index is 11.4. The fraction of sp³-hybridized carbons (Fsp3) is 1.00. The van der Waals surface area contributed by atoms with E-state index in [1.54, 1.807) is 13.3 Å². The normalized spacial score (nSPS) is 35.2. The van der Waals surface area contributed by atoms with E-state index in [9.17, 15) is 4.57 Å². The molecule has 0 unspecified atom stereocenters. The van der Waals surface area contributed by atoms with Crippen molar-refractivity contribution in [2.75, 3.05) is 13.3 Å². The Labute approximate surface area is 81.0 Å². The predicted octanol–water partition coefficient (Wildman–Crippen LogP) is 1.60. The van der Waals surface area contributed by atoms with Crippen LogP contribution >= 0.6 is 7.37 Å². The highest BCUT2D eigenvalue weighted by Crippen LogP contribution is 2.42. The van der Waals surface area contributed by atoms with Gasteiger partial charge in [0.05, 0.1) is 12.2 Å². The Kier molecular flexibility index (Phi) is 3.61. The molecule has 0 aromatic heterocycles. The summed E-state index contributed by atoms with van der Waals surface area (Å²) in [4.78, 5) is 0. The highest BCUT2D eigenvalue weighted by Gasteiger charge is 2.34. The summed E-state index contributed by atoms with van der Waals surface area (Å²) in [6.45, 7) is 5.24. The molecule has 1 rings (SSSR count). The second kappa shape index (κ2) is 4.16. The quantitative estimate of drug-likeness (QED) is 0.515. The molecule has 0 N–H and O–H groups in total. The highest BCUT2D eigenvalue weighted by molar-refractivity contribution is 7.57. The first-order chi connectivity index (χ1) is 5.92. The Morgan fingerprint density at radius 3 is 2.69 bits per heavy atom. The molecule has 5 heteroatoms. The minimum Gasteiger partial charge on any atom is -0.382 e. The first-order valence-corrected chi connectivity index (χ1v) is 7.08. The van der Waals surface area contributed by atoms with Crippen LogP contribution in [0.4, 0.5) is 0 Å². The minimum atomic E-state index is -2.43. The van der Waals surface area contributed by atoms with Crippen LogP contribution < -0.4 is 0 Å². The average Bonchev–Trinajstić information content (AvgIpc) is 2.27. The van der Waals surface area contributed by atoms with Gasteiger partial charge in [-0.25, -0.2) is 0 Å². The van der Waals surface area contributed by atoms with Crippen molar-refractivity contribution in [2.24, 2.45) is 0 Å². The van der Waals surface area contributed by atoms with Gasteiger partial charge in [0, 0.05) is 19.3 Å². The van der Waals surface area contributed by atoms with Crippen molar-refractivity contribution in [2.45, 2.75) is 38.0 Å². The van der Waals surface area contributed by atoms with Gasteiger partial charge in [0.1, 0.15) is 7.85 Å². The van der Waals surface area contributed by atoms with Crippen LogP contribution in [0.5, 0.6) is 0 Å². The third-order valence-electron chi connectivity index (χ3n) is 2.02. The monoisotopic (exact) mass is 202 g/mol. The molecule has 1 aliphatic rings. The van der Waals surface area contributed by atoms with Gasteiger partial charge in [-0.15, -0.1) is 0 Å². The van der Waals surface area contributed by atoms with Gasteiger partial charge in [0.2, 0.25) is 0 Å². The molecule has 1 saturated heterocycles. The summed E-state index contributed by atoms with van der Waals surface area (Å²) in [5.74, 6) is 0. The molecular formula is C8H16BO3P. The van der Waals surface area contributed by atoms with Crippen molar-refractivity contribution in [3.63, 3.8) is 0 Å². The van der Waals surface area contributed by atoms with Crippen molar-refractivity contribution in [3.8, 4) is 0 Å². The number of hydrogen-bond donors (Lipinski definition) is 0. The van der Waals surface area contributed by atoms with Crippen molar-refractivity contribution in [1.29, 1.82) is 0 Å². The maximum atomic E-state index is 11.4. The van der Waals surface area contributed by atoms with Crippen LogP contribution in [0.2, 0.25) is 0 Å². The van der Waals surface area contributed by atoms with Crippen LogP contribution in [0, 0.1) is 0 Å². The van der Waals surface area contributed by atoms with Gasteiger partial charge in [-0.3, -0.25) is 4.57 Å². The van der Waals surface area contributed by atoms with Crippen molar-refractivity contribution < 1.29 is 13.8 Å². The molecule has 1 aliphatic heterocycles. The van der Waals surface area contributed by atoms with Gasteiger partial charge >= 0.3 is 0 Å². The lowest BCUT2D eigenvalue weighted by Crippen LogP contribution is -2.22. The second-order valence-electron chi connectivity index (χ2n) is 3.75. The zero-order chi connectivity index (χ0) is 10.1. The van der Waals surface area contributed by atoms with E-state index in [-0.39, 0.29) is 18.2 Å². The van der Waals surface area contributed by atoms with Crippen LogP contribution in [0.1, 0.15) is 19.8 Å². The molecule has 74 valence electrons. The van der Waals surface area contributed by atoms with Crippen LogP contribution in [0.15, 0.2) is 0 Å². The van der Waals surface area contributed by atoms with Crippen LogP contribution in [0.3, 0.4) is 0 Å². The molecule has 3 atom stereocenters. The molecule has 1 fully saturated rings. The van der Waals surface area contributed by atoms with Crippen LogP contribution in [0.25, 0.3) is 0 Å². The third-order valence-corrected chi connectivity index (χ3v) is 2.80. The molecule has 3 nitrogen and oxygen atoms in total. The second-order valence-corrected chi connectivity index (χ2v) is 6.47. The van der Waals surface area contributed by atoms with Crippen LogP contribution in [-0.2, 0) is 13.8 Å². The Balaban J connectivity index is 2.54. The molecule has 1 heterocycles. The maximum Gasteiger partial charge on any atom is 0.197 e. The molecular weight excluding hydrogens is 186 g/mol. The van der Waals surface area contributed by atoms with Gasteiger partial charge in [0.25, 0.3) is 0 Å². The van der Waals surface area contributed by atoms with Gasteiger partial charge in [0.15, 0.2) is 7.37 Å². The summed E-state index contributed by atoms with van der Waals surface area (Å²) in [6, 6.07) is -0.263. The lowest BCUT2D eigenvalue weighted by Gasteiger charge is -2.19. The fourth-order valence-corrected chi connectivity index (χ4v) is 2.42. The number of ether oxygens (including phenoxy) is 1. The molecule has 13 heavy (non-hydrogen) atoms.